The zero-order valence-corrected chi connectivity index (χ0v) is 30.4. The van der Waals surface area contributed by atoms with Crippen molar-refractivity contribution in [1.82, 2.24) is 15.0 Å². The van der Waals surface area contributed by atoms with Crippen LogP contribution in [0.15, 0.2) is 81.1 Å². The highest BCUT2D eigenvalue weighted by Gasteiger charge is 2.49. The van der Waals surface area contributed by atoms with Gasteiger partial charge in [-0.3, -0.25) is 24.2 Å². The van der Waals surface area contributed by atoms with E-state index >= 15 is 0 Å². The Kier molecular flexibility index (Phi) is 10.4. The third-order valence-electron chi connectivity index (χ3n) is 9.95. The third-order valence-corrected chi connectivity index (χ3v) is 11.3. The summed E-state index contributed by atoms with van der Waals surface area (Å²) in [5.41, 5.74) is 3.20. The molecular weight excluding hydrogens is 670 g/mol. The largest absolute Gasteiger partial charge is 0.359 e. The van der Waals surface area contributed by atoms with E-state index in [1.807, 2.05) is 23.1 Å². The number of nitrogens with one attached hydrogen (secondary N) is 1. The van der Waals surface area contributed by atoms with Crippen molar-refractivity contribution in [1.29, 1.82) is 0 Å². The van der Waals surface area contributed by atoms with Gasteiger partial charge in [-0.2, -0.15) is 0 Å². The molecule has 1 fully saturated rings. The molecule has 1 aliphatic carbocycles. The van der Waals surface area contributed by atoms with E-state index in [4.69, 9.17) is 9.52 Å². The van der Waals surface area contributed by atoms with Crippen LogP contribution in [0.4, 0.5) is 10.2 Å². The number of unbranched alkanes of at least 4 members (excludes halogenated alkanes) is 1. The lowest BCUT2D eigenvalue weighted by Crippen LogP contribution is -2.40. The second-order valence-electron chi connectivity index (χ2n) is 13.6. The maximum Gasteiger partial charge on any atom is 0.263 e. The van der Waals surface area contributed by atoms with Crippen LogP contribution >= 0.6 is 0 Å². The molecule has 1 saturated carbocycles. The summed E-state index contributed by atoms with van der Waals surface area (Å²) in [4.78, 5) is 35.8. The van der Waals surface area contributed by atoms with Crippen LogP contribution < -0.4 is 4.72 Å². The minimum absolute atomic E-state index is 0.0335. The van der Waals surface area contributed by atoms with Crippen LogP contribution in [0, 0.1) is 19.7 Å². The SMILES string of the molecule is CCCCC1=NC2(CCCC2)C(=O)N1Cc1ccc(-c2ccccc2S(=O)(=O)Nc2noc(C)c2C)c(CN(C)C(=O)Cc2ccc(F)cc2)c1. The first-order valence-electron chi connectivity index (χ1n) is 17.5. The molecule has 51 heavy (non-hydrogen) atoms. The molecule has 0 bridgehead atoms. The molecule has 2 aliphatic rings. The fourth-order valence-electron chi connectivity index (χ4n) is 6.89. The van der Waals surface area contributed by atoms with Crippen molar-refractivity contribution in [2.45, 2.75) is 95.7 Å². The van der Waals surface area contributed by atoms with Crippen molar-refractivity contribution in [3.63, 3.8) is 0 Å². The molecule has 1 aromatic heterocycles. The highest BCUT2D eigenvalue weighted by molar-refractivity contribution is 7.92. The summed E-state index contributed by atoms with van der Waals surface area (Å²) in [5.74, 6) is 0.914. The summed E-state index contributed by atoms with van der Waals surface area (Å²) in [6, 6.07) is 18.2. The zero-order chi connectivity index (χ0) is 36.3. The van der Waals surface area contributed by atoms with Gasteiger partial charge in [-0.05, 0) is 73.6 Å². The van der Waals surface area contributed by atoms with Crippen LogP contribution in [0.3, 0.4) is 0 Å². The minimum Gasteiger partial charge on any atom is -0.359 e. The van der Waals surface area contributed by atoms with Crippen LogP contribution in [-0.2, 0) is 39.1 Å². The Morgan fingerprint density at radius 1 is 1.02 bits per heavy atom. The number of hydrogen-bond acceptors (Lipinski definition) is 7. The maximum atomic E-state index is 13.9. The summed E-state index contributed by atoms with van der Waals surface area (Å²) in [6.45, 7) is 6.02. The van der Waals surface area contributed by atoms with E-state index in [0.29, 0.717) is 40.1 Å². The smallest absolute Gasteiger partial charge is 0.263 e. The Morgan fingerprint density at radius 3 is 2.41 bits per heavy atom. The molecule has 4 aromatic rings. The van der Waals surface area contributed by atoms with Crippen LogP contribution in [0.2, 0.25) is 0 Å². The highest BCUT2D eigenvalue weighted by atomic mass is 32.2. The van der Waals surface area contributed by atoms with Crippen molar-refractivity contribution < 1.29 is 26.9 Å². The third kappa shape index (κ3) is 7.61. The first-order chi connectivity index (χ1) is 24.4. The average molecular weight is 714 g/mol. The van der Waals surface area contributed by atoms with Gasteiger partial charge in [0, 0.05) is 31.1 Å². The van der Waals surface area contributed by atoms with E-state index in [0.717, 1.165) is 56.3 Å². The number of amidine groups is 1. The zero-order valence-electron chi connectivity index (χ0n) is 29.5. The highest BCUT2D eigenvalue weighted by Crippen LogP contribution is 2.40. The van der Waals surface area contributed by atoms with E-state index in [9.17, 15) is 22.4 Å². The van der Waals surface area contributed by atoms with Gasteiger partial charge in [-0.1, -0.05) is 79.9 Å². The van der Waals surface area contributed by atoms with Crippen molar-refractivity contribution in [2.24, 2.45) is 4.99 Å². The van der Waals surface area contributed by atoms with Crippen molar-refractivity contribution in [2.75, 3.05) is 11.8 Å². The number of sulfonamides is 1. The summed E-state index contributed by atoms with van der Waals surface area (Å²) in [5, 5.41) is 3.89. The van der Waals surface area contributed by atoms with Crippen molar-refractivity contribution in [3.8, 4) is 11.1 Å². The molecule has 0 unspecified atom stereocenters. The van der Waals surface area contributed by atoms with Crippen molar-refractivity contribution >= 4 is 33.5 Å². The van der Waals surface area contributed by atoms with Gasteiger partial charge in [-0.25, -0.2) is 12.8 Å². The number of carbonyl (C=O) groups excluding carboxylic acids is 2. The topological polar surface area (TPSA) is 125 Å². The lowest BCUT2D eigenvalue weighted by molar-refractivity contribution is -0.131. The normalized spacial score (nSPS) is 15.4. The van der Waals surface area contributed by atoms with Gasteiger partial charge in [0.15, 0.2) is 5.82 Å². The summed E-state index contributed by atoms with van der Waals surface area (Å²) in [6.07, 6.45) is 6.18. The predicted octanol–water partition coefficient (Wildman–Crippen LogP) is 7.34. The number of amides is 2. The van der Waals surface area contributed by atoms with Gasteiger partial charge >= 0.3 is 0 Å². The first kappa shape index (κ1) is 36.0. The number of aryl methyl sites for hydroxylation is 1. The van der Waals surface area contributed by atoms with Gasteiger partial charge in [-0.15, -0.1) is 0 Å². The molecule has 3 aromatic carbocycles. The van der Waals surface area contributed by atoms with Gasteiger partial charge in [0.1, 0.15) is 23.0 Å². The van der Waals surface area contributed by atoms with Crippen LogP contribution in [0.1, 0.15) is 79.9 Å². The molecule has 2 heterocycles. The van der Waals surface area contributed by atoms with E-state index in [1.165, 1.54) is 18.2 Å². The van der Waals surface area contributed by atoms with Crippen LogP contribution in [-0.4, -0.2) is 53.6 Å². The number of hydrogen-bond donors (Lipinski definition) is 1. The molecule has 0 saturated heterocycles. The van der Waals surface area contributed by atoms with E-state index < -0.39 is 15.6 Å². The van der Waals surface area contributed by atoms with E-state index in [-0.39, 0.29) is 41.3 Å². The first-order valence-corrected chi connectivity index (χ1v) is 18.9. The maximum absolute atomic E-state index is 13.9. The number of anilines is 1. The summed E-state index contributed by atoms with van der Waals surface area (Å²) in [7, 11) is -2.44. The van der Waals surface area contributed by atoms with E-state index in [1.54, 1.807) is 56.1 Å². The van der Waals surface area contributed by atoms with Crippen LogP contribution in [0.25, 0.3) is 11.1 Å². The monoisotopic (exact) mass is 713 g/mol. The Morgan fingerprint density at radius 2 is 1.73 bits per heavy atom. The molecule has 12 heteroatoms. The van der Waals surface area contributed by atoms with Crippen LogP contribution in [0.5, 0.6) is 0 Å². The Bertz CT molecular complexity index is 2070. The van der Waals surface area contributed by atoms with Gasteiger partial charge in [0.25, 0.3) is 15.9 Å². The number of rotatable bonds is 13. The molecule has 268 valence electrons. The van der Waals surface area contributed by atoms with Gasteiger partial charge in [0.2, 0.25) is 5.91 Å². The van der Waals surface area contributed by atoms with E-state index in [2.05, 4.69) is 16.8 Å². The number of benzene rings is 3. The molecule has 10 nitrogen and oxygen atoms in total. The molecule has 0 atom stereocenters. The summed E-state index contributed by atoms with van der Waals surface area (Å²) >= 11 is 0. The second-order valence-corrected chi connectivity index (χ2v) is 15.3. The molecular formula is C39H44FN5O5S. The molecule has 6 rings (SSSR count). The molecule has 1 spiro atoms. The Labute approximate surface area is 298 Å². The fourth-order valence-corrected chi connectivity index (χ4v) is 8.17. The molecule has 2 amide bonds. The minimum atomic E-state index is -4.12. The molecule has 0 radical (unpaired) electrons. The predicted molar refractivity (Wildman–Crippen MR) is 194 cm³/mol. The number of halogens is 1. The lowest BCUT2D eigenvalue weighted by atomic mass is 9.95. The van der Waals surface area contributed by atoms with Gasteiger partial charge < -0.3 is 9.42 Å². The number of likely N-dealkylation sites (N-methyl/N-ethyl adjacent to an activating group) is 1. The Hall–Kier alpha value is -4.84. The average Bonchev–Trinajstić information content (AvgIpc) is 3.79. The number of aliphatic imine (C=N–C) groups is 1. The van der Waals surface area contributed by atoms with Gasteiger partial charge in [0.05, 0.1) is 17.9 Å². The lowest BCUT2D eigenvalue weighted by Gasteiger charge is -2.24. The number of nitrogens with zero attached hydrogens (tertiary/aromatic N) is 4. The fraction of sp³-hybridized carbons (Fsp3) is 0.385. The number of carbonyl (C=O) groups is 2. The summed E-state index contributed by atoms with van der Waals surface area (Å²) < 4.78 is 49.0. The second kappa shape index (κ2) is 14.8. The Balaban J connectivity index is 1.36. The van der Waals surface area contributed by atoms with Crippen molar-refractivity contribution in [3.05, 3.63) is 101 Å². The quantitative estimate of drug-likeness (QED) is 0.155. The standard InChI is InChI=1S/C39H44FN5O5S/c1-5-6-13-35-41-39(20-9-10-21-39)38(47)45(35)24-29-16-19-32(30(22-29)25-44(4)36(46)23-28-14-17-31(40)18-15-28)33-11-7-8-12-34(33)51(48,49)43-37-26(2)27(3)50-42-37/h7-8,11-12,14-19,22H,5-6,9-10,13,20-21,23-25H2,1-4H3,(H,42,43). The number of aromatic nitrogens is 1. The molecule has 1 aliphatic heterocycles. The molecule has 1 N–H and O–H groups in total.